The van der Waals surface area contributed by atoms with Gasteiger partial charge in [-0.1, -0.05) is 45.4 Å². The van der Waals surface area contributed by atoms with Gasteiger partial charge in [-0.15, -0.1) is 0 Å². The number of hydrogen-bond acceptors (Lipinski definition) is 2. The second-order valence-electron chi connectivity index (χ2n) is 6.88. The fraction of sp³-hybridized carbons (Fsp3) is 0.667. The van der Waals surface area contributed by atoms with Crippen LogP contribution in [0.4, 0.5) is 5.69 Å². The Morgan fingerprint density at radius 2 is 1.86 bits per heavy atom. The minimum atomic E-state index is 0.482. The molecule has 1 aromatic carbocycles. The van der Waals surface area contributed by atoms with E-state index < -0.39 is 0 Å². The number of nitrogens with one attached hydrogen (secondary N) is 1. The van der Waals surface area contributed by atoms with Crippen molar-refractivity contribution < 1.29 is 0 Å². The van der Waals surface area contributed by atoms with Gasteiger partial charge in [0.05, 0.1) is 0 Å². The summed E-state index contributed by atoms with van der Waals surface area (Å²) in [4.78, 5) is 2.48. The number of halogens is 1. The van der Waals surface area contributed by atoms with E-state index in [0.29, 0.717) is 6.04 Å². The molecule has 0 unspecified atom stereocenters. The second kappa shape index (κ2) is 7.51. The summed E-state index contributed by atoms with van der Waals surface area (Å²) in [5.74, 6) is 1.69. The van der Waals surface area contributed by atoms with E-state index in [-0.39, 0.29) is 0 Å². The van der Waals surface area contributed by atoms with Crippen molar-refractivity contribution in [1.29, 1.82) is 0 Å². The first-order valence-corrected chi connectivity index (χ1v) is 8.62. The molecule has 2 nitrogen and oxygen atoms in total. The van der Waals surface area contributed by atoms with Crippen LogP contribution >= 0.6 is 11.6 Å². The summed E-state index contributed by atoms with van der Waals surface area (Å²) in [7, 11) is 0. The van der Waals surface area contributed by atoms with Crippen LogP contribution in [0.1, 0.15) is 46.1 Å². The largest absolute Gasteiger partial charge is 0.371 e. The fourth-order valence-corrected chi connectivity index (χ4v) is 3.26. The van der Waals surface area contributed by atoms with E-state index in [1.165, 1.54) is 24.1 Å². The fourth-order valence-electron chi connectivity index (χ4n) is 3.01. The summed E-state index contributed by atoms with van der Waals surface area (Å²) in [6.45, 7) is 12.1. The molecule has 0 bridgehead atoms. The molecule has 0 radical (unpaired) electrons. The Labute approximate surface area is 134 Å². The molecular weight excluding hydrogens is 280 g/mol. The van der Waals surface area contributed by atoms with E-state index in [1.54, 1.807) is 0 Å². The van der Waals surface area contributed by atoms with Crippen molar-refractivity contribution in [2.75, 3.05) is 18.0 Å². The van der Waals surface area contributed by atoms with Gasteiger partial charge in [0.2, 0.25) is 0 Å². The number of piperidine rings is 1. The van der Waals surface area contributed by atoms with Gasteiger partial charge < -0.3 is 10.2 Å². The van der Waals surface area contributed by atoms with Crippen LogP contribution in [0.25, 0.3) is 0 Å². The van der Waals surface area contributed by atoms with Crippen molar-refractivity contribution in [1.82, 2.24) is 5.32 Å². The van der Waals surface area contributed by atoms with E-state index >= 15 is 0 Å². The highest BCUT2D eigenvalue weighted by atomic mass is 35.5. The molecular formula is C18H29ClN2. The van der Waals surface area contributed by atoms with Gasteiger partial charge in [-0.3, -0.25) is 0 Å². The van der Waals surface area contributed by atoms with Gasteiger partial charge in [0, 0.05) is 36.4 Å². The van der Waals surface area contributed by atoms with Crippen LogP contribution in [0.2, 0.25) is 5.02 Å². The van der Waals surface area contributed by atoms with Crippen LogP contribution in [-0.4, -0.2) is 19.1 Å². The van der Waals surface area contributed by atoms with Gasteiger partial charge >= 0.3 is 0 Å². The van der Waals surface area contributed by atoms with Crippen LogP contribution < -0.4 is 10.2 Å². The summed E-state index contributed by atoms with van der Waals surface area (Å²) in [6.07, 6.45) is 2.60. The van der Waals surface area contributed by atoms with E-state index in [4.69, 9.17) is 11.6 Å². The minimum absolute atomic E-state index is 0.482. The monoisotopic (exact) mass is 308 g/mol. The zero-order valence-corrected chi connectivity index (χ0v) is 14.6. The first kappa shape index (κ1) is 16.6. The number of anilines is 1. The molecule has 0 aliphatic carbocycles. The first-order chi connectivity index (χ1) is 9.97. The average Bonchev–Trinajstić information content (AvgIpc) is 2.46. The Morgan fingerprint density at radius 3 is 2.38 bits per heavy atom. The molecule has 1 fully saturated rings. The highest BCUT2D eigenvalue weighted by Gasteiger charge is 2.21. The quantitative estimate of drug-likeness (QED) is 0.847. The smallest absolute Gasteiger partial charge is 0.0471 e. The lowest BCUT2D eigenvalue weighted by molar-refractivity contribution is 0.311. The van der Waals surface area contributed by atoms with Crippen molar-refractivity contribution in [3.8, 4) is 0 Å². The molecule has 0 saturated carbocycles. The van der Waals surface area contributed by atoms with Crippen molar-refractivity contribution in [2.45, 2.75) is 53.1 Å². The summed E-state index contributed by atoms with van der Waals surface area (Å²) < 4.78 is 0. The highest BCUT2D eigenvalue weighted by Crippen LogP contribution is 2.30. The maximum atomic E-state index is 6.44. The molecule has 2 rings (SSSR count). The van der Waals surface area contributed by atoms with E-state index in [2.05, 4.69) is 56.1 Å². The zero-order valence-electron chi connectivity index (χ0n) is 13.8. The van der Waals surface area contributed by atoms with Crippen LogP contribution in [0, 0.1) is 11.8 Å². The molecule has 0 spiro atoms. The zero-order chi connectivity index (χ0) is 15.4. The minimum Gasteiger partial charge on any atom is -0.371 e. The predicted octanol–water partition coefficient (Wildman–Crippen LogP) is 4.71. The van der Waals surface area contributed by atoms with Gasteiger partial charge in [-0.05, 0) is 42.4 Å². The topological polar surface area (TPSA) is 15.3 Å². The van der Waals surface area contributed by atoms with Crippen molar-refractivity contribution in [2.24, 2.45) is 11.8 Å². The molecule has 1 saturated heterocycles. The van der Waals surface area contributed by atoms with Crippen LogP contribution in [0.5, 0.6) is 0 Å². The highest BCUT2D eigenvalue weighted by molar-refractivity contribution is 6.31. The molecule has 3 heteroatoms. The summed E-state index contributed by atoms with van der Waals surface area (Å²) >= 11 is 6.44. The SMILES string of the molecule is CC(C)NCc1ccc(N2CCC(C(C)C)CC2)cc1Cl. The van der Waals surface area contributed by atoms with Crippen molar-refractivity contribution in [3.05, 3.63) is 28.8 Å². The van der Waals surface area contributed by atoms with Gasteiger partial charge in [0.25, 0.3) is 0 Å². The number of nitrogens with zero attached hydrogens (tertiary/aromatic N) is 1. The number of hydrogen-bond donors (Lipinski definition) is 1. The molecule has 1 aromatic rings. The Bertz CT molecular complexity index is 449. The molecule has 1 N–H and O–H groups in total. The van der Waals surface area contributed by atoms with Crippen LogP contribution in [0.15, 0.2) is 18.2 Å². The van der Waals surface area contributed by atoms with E-state index in [1.807, 2.05) is 0 Å². The maximum Gasteiger partial charge on any atom is 0.0471 e. The van der Waals surface area contributed by atoms with Gasteiger partial charge in [-0.25, -0.2) is 0 Å². The van der Waals surface area contributed by atoms with Crippen molar-refractivity contribution in [3.63, 3.8) is 0 Å². The normalized spacial score (nSPS) is 17.0. The predicted molar refractivity (Wildman–Crippen MR) is 93.2 cm³/mol. The Hall–Kier alpha value is -0.730. The van der Waals surface area contributed by atoms with Gasteiger partial charge in [-0.2, -0.15) is 0 Å². The standard InChI is InChI=1S/C18H29ClN2/c1-13(2)15-7-9-21(10-8-15)17-6-5-16(18(19)11-17)12-20-14(3)4/h5-6,11,13-15,20H,7-10,12H2,1-4H3. The molecule has 0 atom stereocenters. The summed E-state index contributed by atoms with van der Waals surface area (Å²) in [5.41, 5.74) is 2.46. The Kier molecular flexibility index (Phi) is 5.95. The van der Waals surface area contributed by atoms with Gasteiger partial charge in [0.1, 0.15) is 0 Å². The molecule has 21 heavy (non-hydrogen) atoms. The second-order valence-corrected chi connectivity index (χ2v) is 7.29. The third-order valence-electron chi connectivity index (χ3n) is 4.58. The summed E-state index contributed by atoms with van der Waals surface area (Å²) in [6, 6.07) is 7.01. The number of rotatable bonds is 5. The van der Waals surface area contributed by atoms with Crippen LogP contribution in [0.3, 0.4) is 0 Å². The van der Waals surface area contributed by atoms with E-state index in [0.717, 1.165) is 36.5 Å². The Balaban J connectivity index is 1.97. The third-order valence-corrected chi connectivity index (χ3v) is 4.94. The van der Waals surface area contributed by atoms with Crippen molar-refractivity contribution >= 4 is 17.3 Å². The molecule has 1 heterocycles. The molecule has 1 aliphatic rings. The average molecular weight is 309 g/mol. The molecule has 1 aliphatic heterocycles. The molecule has 118 valence electrons. The third kappa shape index (κ3) is 4.62. The molecule has 0 aromatic heterocycles. The molecule has 0 amide bonds. The Morgan fingerprint density at radius 1 is 1.19 bits per heavy atom. The lowest BCUT2D eigenvalue weighted by Crippen LogP contribution is -2.35. The maximum absolute atomic E-state index is 6.44. The lowest BCUT2D eigenvalue weighted by atomic mass is 9.86. The lowest BCUT2D eigenvalue weighted by Gasteiger charge is -2.35. The first-order valence-electron chi connectivity index (χ1n) is 8.24. The summed E-state index contributed by atoms with van der Waals surface area (Å²) in [5, 5.41) is 4.30. The van der Waals surface area contributed by atoms with E-state index in [9.17, 15) is 0 Å². The van der Waals surface area contributed by atoms with Crippen LogP contribution in [-0.2, 0) is 6.54 Å². The van der Waals surface area contributed by atoms with Gasteiger partial charge in [0.15, 0.2) is 0 Å². The number of benzene rings is 1.